The summed E-state index contributed by atoms with van der Waals surface area (Å²) in [6.45, 7) is 4.01. The second-order valence-electron chi connectivity index (χ2n) is 8.63. The molecule has 4 aromatic rings. The Morgan fingerprint density at radius 3 is 2.58 bits per heavy atom. The molecule has 5 rings (SSSR count). The summed E-state index contributed by atoms with van der Waals surface area (Å²) in [6, 6.07) is 16.3. The van der Waals surface area contributed by atoms with E-state index in [9.17, 15) is 13.2 Å². The number of amides is 1. The number of nitrogens with zero attached hydrogens (tertiary/aromatic N) is 3. The van der Waals surface area contributed by atoms with Crippen molar-refractivity contribution < 1.29 is 17.6 Å². The van der Waals surface area contributed by atoms with Gasteiger partial charge in [-0.2, -0.15) is 5.10 Å². The number of carbonyl (C=O) groups is 1. The highest BCUT2D eigenvalue weighted by Crippen LogP contribution is 2.29. The summed E-state index contributed by atoms with van der Waals surface area (Å²) in [4.78, 5) is 17.4. The summed E-state index contributed by atoms with van der Waals surface area (Å²) < 4.78 is 31.4. The van der Waals surface area contributed by atoms with Gasteiger partial charge in [-0.3, -0.25) is 9.48 Å². The number of oxazole rings is 1. The van der Waals surface area contributed by atoms with Gasteiger partial charge in [0.1, 0.15) is 5.52 Å². The minimum atomic E-state index is -3.06. The van der Waals surface area contributed by atoms with E-state index in [1.54, 1.807) is 22.9 Å². The van der Waals surface area contributed by atoms with Gasteiger partial charge in [-0.1, -0.05) is 26.0 Å². The minimum absolute atomic E-state index is 0.0622. The van der Waals surface area contributed by atoms with Crippen LogP contribution in [0.5, 0.6) is 0 Å². The fourth-order valence-corrected chi connectivity index (χ4v) is 5.79. The second-order valence-corrected chi connectivity index (χ2v) is 10.9. The predicted octanol–water partition coefficient (Wildman–Crippen LogP) is 4.43. The number of benzene rings is 2. The van der Waals surface area contributed by atoms with E-state index in [4.69, 9.17) is 4.42 Å². The molecule has 0 radical (unpaired) electrons. The molecule has 9 heteroatoms. The van der Waals surface area contributed by atoms with Gasteiger partial charge in [0.05, 0.1) is 17.5 Å². The number of nitrogens with one attached hydrogen (secondary N) is 1. The number of fused-ring (bicyclic) bond motifs is 1. The number of sulfone groups is 1. The highest BCUT2D eigenvalue weighted by molar-refractivity contribution is 7.91. The van der Waals surface area contributed by atoms with E-state index in [0.717, 1.165) is 22.4 Å². The Morgan fingerprint density at radius 1 is 1.15 bits per heavy atom. The molecule has 8 nitrogen and oxygen atoms in total. The first-order valence-corrected chi connectivity index (χ1v) is 12.7. The van der Waals surface area contributed by atoms with Gasteiger partial charge in [0.2, 0.25) is 5.89 Å². The molecular formula is C24H24N4O4S. The highest BCUT2D eigenvalue weighted by Gasteiger charge is 2.32. The van der Waals surface area contributed by atoms with Crippen molar-refractivity contribution in [3.63, 3.8) is 0 Å². The quantitative estimate of drug-likeness (QED) is 0.468. The monoisotopic (exact) mass is 464 g/mol. The first kappa shape index (κ1) is 21.4. The van der Waals surface area contributed by atoms with Crippen LogP contribution in [0.3, 0.4) is 0 Å². The zero-order valence-corrected chi connectivity index (χ0v) is 19.2. The van der Waals surface area contributed by atoms with Gasteiger partial charge in [-0.15, -0.1) is 0 Å². The average molecular weight is 465 g/mol. The number of hydrogen-bond donors (Lipinski definition) is 1. The predicted molar refractivity (Wildman–Crippen MR) is 126 cm³/mol. The van der Waals surface area contributed by atoms with Gasteiger partial charge in [-0.05, 0) is 54.8 Å². The number of rotatable bonds is 5. The molecule has 0 saturated carbocycles. The highest BCUT2D eigenvalue weighted by atomic mass is 32.2. The zero-order chi connectivity index (χ0) is 23.2. The lowest BCUT2D eigenvalue weighted by Gasteiger charge is -2.15. The number of anilines is 1. The van der Waals surface area contributed by atoms with Gasteiger partial charge in [0.15, 0.2) is 21.1 Å². The second kappa shape index (κ2) is 8.15. The third-order valence-electron chi connectivity index (χ3n) is 5.83. The van der Waals surface area contributed by atoms with E-state index in [1.807, 2.05) is 50.2 Å². The molecule has 3 heterocycles. The van der Waals surface area contributed by atoms with Gasteiger partial charge >= 0.3 is 0 Å². The van der Waals surface area contributed by atoms with Gasteiger partial charge in [0.25, 0.3) is 5.91 Å². The molecule has 170 valence electrons. The Bertz CT molecular complexity index is 1400. The fraction of sp³-hybridized carbons (Fsp3) is 0.292. The van der Waals surface area contributed by atoms with E-state index < -0.39 is 9.84 Å². The van der Waals surface area contributed by atoms with Crippen LogP contribution in [0, 0.1) is 0 Å². The summed E-state index contributed by atoms with van der Waals surface area (Å²) in [7, 11) is -3.06. The molecular weight excluding hydrogens is 440 g/mol. The van der Waals surface area contributed by atoms with Crippen LogP contribution >= 0.6 is 0 Å². The van der Waals surface area contributed by atoms with Crippen LogP contribution in [-0.2, 0) is 9.84 Å². The first-order valence-electron chi connectivity index (χ1n) is 10.9. The lowest BCUT2D eigenvalue weighted by atomic mass is 10.1. The van der Waals surface area contributed by atoms with E-state index >= 15 is 0 Å². The molecule has 1 N–H and O–H groups in total. The normalized spacial score (nSPS) is 17.6. The van der Waals surface area contributed by atoms with Crippen LogP contribution in [0.15, 0.2) is 59.0 Å². The van der Waals surface area contributed by atoms with Crippen LogP contribution in [0.4, 0.5) is 5.69 Å². The van der Waals surface area contributed by atoms with Crippen molar-refractivity contribution in [3.05, 3.63) is 66.0 Å². The fourth-order valence-electron chi connectivity index (χ4n) is 4.10. The summed E-state index contributed by atoms with van der Waals surface area (Å²) in [5, 5.41) is 7.35. The number of hydrogen-bond acceptors (Lipinski definition) is 6. The molecule has 1 fully saturated rings. The van der Waals surface area contributed by atoms with E-state index in [1.165, 1.54) is 0 Å². The van der Waals surface area contributed by atoms with Crippen LogP contribution in [-0.4, -0.2) is 40.6 Å². The summed E-state index contributed by atoms with van der Waals surface area (Å²) in [6.07, 6.45) is 0.516. The summed E-state index contributed by atoms with van der Waals surface area (Å²) >= 11 is 0. The van der Waals surface area contributed by atoms with Crippen molar-refractivity contribution >= 4 is 32.5 Å². The van der Waals surface area contributed by atoms with E-state index in [-0.39, 0.29) is 35.1 Å². The molecule has 1 aliphatic rings. The van der Waals surface area contributed by atoms with Gasteiger partial charge < -0.3 is 9.73 Å². The third-order valence-corrected chi connectivity index (χ3v) is 7.58. The largest absolute Gasteiger partial charge is 0.436 e. The molecule has 2 aromatic heterocycles. The van der Waals surface area contributed by atoms with Crippen LogP contribution < -0.4 is 5.32 Å². The van der Waals surface area contributed by atoms with E-state index in [0.29, 0.717) is 18.0 Å². The molecule has 1 unspecified atom stereocenters. The Labute approximate surface area is 191 Å². The molecule has 33 heavy (non-hydrogen) atoms. The SMILES string of the molecule is CC(C)c1cc(C(=O)Nc2ccc(-c3nc4ccccc4o3)cc2)nn1C1CCS(=O)(=O)C1. The van der Waals surface area contributed by atoms with Crippen molar-refractivity contribution in [2.75, 3.05) is 16.8 Å². The van der Waals surface area contributed by atoms with Gasteiger partial charge in [0, 0.05) is 16.9 Å². The number of carbonyl (C=O) groups excluding carboxylic acids is 1. The Morgan fingerprint density at radius 2 is 1.91 bits per heavy atom. The third kappa shape index (κ3) is 4.28. The molecule has 1 amide bonds. The molecule has 0 spiro atoms. The van der Waals surface area contributed by atoms with Crippen LogP contribution in [0.25, 0.3) is 22.6 Å². The first-order chi connectivity index (χ1) is 15.8. The molecule has 1 aliphatic heterocycles. The Kier molecular flexibility index (Phi) is 5.28. The van der Waals surface area contributed by atoms with Crippen molar-refractivity contribution in [3.8, 4) is 11.5 Å². The summed E-state index contributed by atoms with van der Waals surface area (Å²) in [5.41, 5.74) is 4.05. The Hall–Kier alpha value is -3.46. The lowest BCUT2D eigenvalue weighted by Crippen LogP contribution is -2.17. The molecule has 0 bridgehead atoms. The average Bonchev–Trinajstić information content (AvgIpc) is 3.50. The minimum Gasteiger partial charge on any atom is -0.436 e. The van der Waals surface area contributed by atoms with Crippen LogP contribution in [0.1, 0.15) is 48.4 Å². The maximum atomic E-state index is 12.9. The molecule has 0 aliphatic carbocycles. The Balaban J connectivity index is 1.34. The van der Waals surface area contributed by atoms with Crippen molar-refractivity contribution in [2.24, 2.45) is 0 Å². The number of aromatic nitrogens is 3. The zero-order valence-electron chi connectivity index (χ0n) is 18.4. The molecule has 1 atom stereocenters. The number of para-hydroxylation sites is 2. The molecule has 2 aromatic carbocycles. The van der Waals surface area contributed by atoms with Gasteiger partial charge in [-0.25, -0.2) is 13.4 Å². The smallest absolute Gasteiger partial charge is 0.276 e. The topological polar surface area (TPSA) is 107 Å². The standard InChI is InChI=1S/C24H24N4O4S/c1-15(2)21-13-20(27-28(21)18-11-12-33(30,31)14-18)23(29)25-17-9-7-16(8-10-17)24-26-19-5-3-4-6-22(19)32-24/h3-10,13,15,18H,11-12,14H2,1-2H3,(H,25,29). The summed E-state index contributed by atoms with van der Waals surface area (Å²) in [5.74, 6) is 0.500. The maximum Gasteiger partial charge on any atom is 0.276 e. The van der Waals surface area contributed by atoms with Crippen LogP contribution in [0.2, 0.25) is 0 Å². The lowest BCUT2D eigenvalue weighted by molar-refractivity contribution is 0.102. The molecule has 1 saturated heterocycles. The van der Waals surface area contributed by atoms with E-state index in [2.05, 4.69) is 15.4 Å². The maximum absolute atomic E-state index is 12.9. The van der Waals surface area contributed by atoms with Crippen molar-refractivity contribution in [2.45, 2.75) is 32.2 Å². The van der Waals surface area contributed by atoms with Crippen molar-refractivity contribution in [1.29, 1.82) is 0 Å². The van der Waals surface area contributed by atoms with Crippen molar-refractivity contribution in [1.82, 2.24) is 14.8 Å².